The molecule has 6 nitrogen and oxygen atoms in total. The number of hydrogen-bond acceptors (Lipinski definition) is 4. The fourth-order valence-electron chi connectivity index (χ4n) is 1.46. The molecule has 90 valence electrons. The number of nitrogens with zero attached hydrogens (tertiary/aromatic N) is 2. The fraction of sp³-hybridized carbons (Fsp3) is 0.100. The summed E-state index contributed by atoms with van der Waals surface area (Å²) >= 11 is 0. The van der Waals surface area contributed by atoms with E-state index in [1.54, 1.807) is 42.3 Å². The van der Waals surface area contributed by atoms with Crippen molar-refractivity contribution in [1.29, 1.82) is 0 Å². The average molecular weight is 252 g/mol. The van der Waals surface area contributed by atoms with Gasteiger partial charge in [-0.1, -0.05) is 12.1 Å². The topological polar surface area (TPSA) is 90.0 Å². The van der Waals surface area contributed by atoms with Crippen LogP contribution in [0.5, 0.6) is 0 Å². The second-order valence-corrected chi connectivity index (χ2v) is 5.10. The summed E-state index contributed by atoms with van der Waals surface area (Å²) in [7, 11) is -1.96. The minimum absolute atomic E-state index is 0.0591. The van der Waals surface area contributed by atoms with E-state index in [4.69, 9.17) is 5.14 Å². The number of primary sulfonamides is 1. The van der Waals surface area contributed by atoms with E-state index in [0.717, 1.165) is 0 Å². The summed E-state index contributed by atoms with van der Waals surface area (Å²) in [5.41, 5.74) is 1.13. The van der Waals surface area contributed by atoms with E-state index < -0.39 is 10.0 Å². The van der Waals surface area contributed by atoms with Gasteiger partial charge in [-0.3, -0.25) is 4.68 Å². The van der Waals surface area contributed by atoms with Crippen molar-refractivity contribution in [3.8, 4) is 0 Å². The van der Waals surface area contributed by atoms with Crippen LogP contribution in [0, 0.1) is 0 Å². The number of rotatable bonds is 3. The lowest BCUT2D eigenvalue weighted by molar-refractivity contribution is 0.598. The molecule has 0 radical (unpaired) electrons. The number of benzene rings is 1. The predicted molar refractivity (Wildman–Crippen MR) is 64.3 cm³/mol. The van der Waals surface area contributed by atoms with Gasteiger partial charge in [0.15, 0.2) is 0 Å². The van der Waals surface area contributed by atoms with Gasteiger partial charge in [-0.05, 0) is 12.1 Å². The minimum atomic E-state index is -3.74. The summed E-state index contributed by atoms with van der Waals surface area (Å²) in [6.45, 7) is 0. The first-order valence-corrected chi connectivity index (χ1v) is 6.39. The van der Waals surface area contributed by atoms with E-state index in [1.807, 2.05) is 0 Å². The Labute approximate surface area is 99.1 Å². The zero-order chi connectivity index (χ0) is 12.5. The van der Waals surface area contributed by atoms with E-state index in [2.05, 4.69) is 10.4 Å². The standard InChI is InChI=1S/C10H12N4O2S/c1-14-7-8(6-12-14)13-9-4-2-3-5-10(9)17(11,15)16/h2-7,13H,1H3,(H2,11,15,16). The summed E-state index contributed by atoms with van der Waals surface area (Å²) in [4.78, 5) is 0.0591. The van der Waals surface area contributed by atoms with Gasteiger partial charge in [0.2, 0.25) is 10.0 Å². The summed E-state index contributed by atoms with van der Waals surface area (Å²) in [6.07, 6.45) is 3.33. The number of anilines is 2. The number of sulfonamides is 1. The molecule has 2 rings (SSSR count). The van der Waals surface area contributed by atoms with Gasteiger partial charge in [-0.15, -0.1) is 0 Å². The molecule has 0 aliphatic carbocycles. The molecule has 0 amide bonds. The minimum Gasteiger partial charge on any atom is -0.352 e. The molecule has 1 aromatic heterocycles. The largest absolute Gasteiger partial charge is 0.352 e. The van der Waals surface area contributed by atoms with Gasteiger partial charge in [-0.25, -0.2) is 13.6 Å². The molecule has 0 aliphatic rings. The van der Waals surface area contributed by atoms with Crippen LogP contribution in [0.4, 0.5) is 11.4 Å². The number of para-hydroxylation sites is 1. The molecule has 0 saturated carbocycles. The maximum atomic E-state index is 11.4. The van der Waals surface area contributed by atoms with Crippen molar-refractivity contribution in [2.45, 2.75) is 4.90 Å². The van der Waals surface area contributed by atoms with Crippen LogP contribution in [-0.4, -0.2) is 18.2 Å². The van der Waals surface area contributed by atoms with Crippen molar-refractivity contribution in [3.63, 3.8) is 0 Å². The SMILES string of the molecule is Cn1cc(Nc2ccccc2S(N)(=O)=O)cn1. The Bertz CT molecular complexity index is 633. The third kappa shape index (κ3) is 2.63. The van der Waals surface area contributed by atoms with Gasteiger partial charge < -0.3 is 5.32 Å². The first-order valence-electron chi connectivity index (χ1n) is 4.84. The summed E-state index contributed by atoms with van der Waals surface area (Å²) in [5, 5.41) is 12.1. The third-order valence-corrected chi connectivity index (χ3v) is 3.15. The fourth-order valence-corrected chi connectivity index (χ4v) is 2.15. The van der Waals surface area contributed by atoms with Gasteiger partial charge in [-0.2, -0.15) is 5.10 Å². The Balaban J connectivity index is 2.40. The molecule has 0 bridgehead atoms. The van der Waals surface area contributed by atoms with E-state index >= 15 is 0 Å². The second-order valence-electron chi connectivity index (χ2n) is 3.57. The summed E-state index contributed by atoms with van der Waals surface area (Å²) in [5.74, 6) is 0. The first-order chi connectivity index (χ1) is 7.97. The summed E-state index contributed by atoms with van der Waals surface area (Å²) < 4.78 is 24.3. The lowest BCUT2D eigenvalue weighted by Crippen LogP contribution is -2.13. The van der Waals surface area contributed by atoms with E-state index in [0.29, 0.717) is 11.4 Å². The molecule has 0 saturated heterocycles. The van der Waals surface area contributed by atoms with Crippen LogP contribution in [0.2, 0.25) is 0 Å². The smallest absolute Gasteiger partial charge is 0.240 e. The zero-order valence-electron chi connectivity index (χ0n) is 9.16. The van der Waals surface area contributed by atoms with Crippen LogP contribution in [0.15, 0.2) is 41.6 Å². The van der Waals surface area contributed by atoms with E-state index in [1.165, 1.54) is 6.07 Å². The van der Waals surface area contributed by atoms with Crippen molar-refractivity contribution in [3.05, 3.63) is 36.7 Å². The maximum absolute atomic E-state index is 11.4. The van der Waals surface area contributed by atoms with Gasteiger partial charge >= 0.3 is 0 Å². The van der Waals surface area contributed by atoms with Gasteiger partial charge in [0.1, 0.15) is 4.90 Å². The molecule has 0 unspecified atom stereocenters. The Kier molecular flexibility index (Phi) is 2.86. The predicted octanol–water partition coefficient (Wildman–Crippen LogP) is 0.811. The highest BCUT2D eigenvalue weighted by Crippen LogP contribution is 2.23. The molecule has 7 heteroatoms. The van der Waals surface area contributed by atoms with Crippen LogP contribution >= 0.6 is 0 Å². The number of hydrogen-bond donors (Lipinski definition) is 2. The Morgan fingerprint density at radius 3 is 2.65 bits per heavy atom. The lowest BCUT2D eigenvalue weighted by atomic mass is 10.3. The Hall–Kier alpha value is -1.86. The molecular formula is C10H12N4O2S. The monoisotopic (exact) mass is 252 g/mol. The molecule has 1 heterocycles. The molecule has 2 aromatic rings. The van der Waals surface area contributed by atoms with E-state index in [9.17, 15) is 8.42 Å². The Morgan fingerprint density at radius 2 is 2.06 bits per heavy atom. The number of aromatic nitrogens is 2. The maximum Gasteiger partial charge on any atom is 0.240 e. The molecule has 0 spiro atoms. The van der Waals surface area contributed by atoms with Crippen LogP contribution in [0.25, 0.3) is 0 Å². The average Bonchev–Trinajstić information content (AvgIpc) is 2.63. The van der Waals surface area contributed by atoms with Gasteiger partial charge in [0, 0.05) is 13.2 Å². The molecular weight excluding hydrogens is 240 g/mol. The highest BCUT2D eigenvalue weighted by atomic mass is 32.2. The van der Waals surface area contributed by atoms with Crippen molar-refractivity contribution in [2.75, 3.05) is 5.32 Å². The third-order valence-electron chi connectivity index (χ3n) is 2.18. The molecule has 17 heavy (non-hydrogen) atoms. The molecule has 1 aromatic carbocycles. The van der Waals surface area contributed by atoms with Crippen LogP contribution in [0.3, 0.4) is 0 Å². The van der Waals surface area contributed by atoms with E-state index in [-0.39, 0.29) is 4.90 Å². The van der Waals surface area contributed by atoms with Crippen molar-refractivity contribution >= 4 is 21.4 Å². The molecule has 0 fully saturated rings. The quantitative estimate of drug-likeness (QED) is 0.845. The van der Waals surface area contributed by atoms with Gasteiger partial charge in [0.05, 0.1) is 17.6 Å². The highest BCUT2D eigenvalue weighted by Gasteiger charge is 2.13. The Morgan fingerprint density at radius 1 is 1.35 bits per heavy atom. The molecule has 0 atom stereocenters. The normalized spacial score (nSPS) is 11.4. The first kappa shape index (κ1) is 11.6. The number of aryl methyl sites for hydroxylation is 1. The van der Waals surface area contributed by atoms with Crippen LogP contribution < -0.4 is 10.5 Å². The second kappa shape index (κ2) is 4.19. The number of nitrogens with one attached hydrogen (secondary N) is 1. The zero-order valence-corrected chi connectivity index (χ0v) is 9.98. The van der Waals surface area contributed by atoms with Crippen molar-refractivity contribution in [2.24, 2.45) is 12.2 Å². The van der Waals surface area contributed by atoms with Gasteiger partial charge in [0.25, 0.3) is 0 Å². The van der Waals surface area contributed by atoms with Crippen molar-refractivity contribution < 1.29 is 8.42 Å². The number of nitrogens with two attached hydrogens (primary N) is 1. The lowest BCUT2D eigenvalue weighted by Gasteiger charge is -2.08. The van der Waals surface area contributed by atoms with Crippen LogP contribution in [-0.2, 0) is 17.1 Å². The highest BCUT2D eigenvalue weighted by molar-refractivity contribution is 7.89. The summed E-state index contributed by atoms with van der Waals surface area (Å²) in [6, 6.07) is 6.45. The van der Waals surface area contributed by atoms with Crippen molar-refractivity contribution in [1.82, 2.24) is 9.78 Å². The van der Waals surface area contributed by atoms with Crippen LogP contribution in [0.1, 0.15) is 0 Å². The molecule has 3 N–H and O–H groups in total. The molecule has 0 aliphatic heterocycles.